The van der Waals surface area contributed by atoms with Crippen LogP contribution in [0.2, 0.25) is 0 Å². The van der Waals surface area contributed by atoms with Gasteiger partial charge in [0.2, 0.25) is 0 Å². The minimum atomic E-state index is -1.07. The Balaban J connectivity index is 2.16. The standard InChI is InChI=1S/C16H28N6O3/c1-10(2)21(5)7-6-8-25-14-19-12(17)11-13(20-14)22(15(23)18-11)9-16(3,4)24/h10,24H,6-9H2,1-5H3,(H,18,23)(H2,17,19,20). The highest BCUT2D eigenvalue weighted by molar-refractivity contribution is 5.81. The predicted molar refractivity (Wildman–Crippen MR) is 96.7 cm³/mol. The summed E-state index contributed by atoms with van der Waals surface area (Å²) < 4.78 is 6.94. The number of ether oxygens (including phenoxy) is 1. The van der Waals surface area contributed by atoms with Gasteiger partial charge >= 0.3 is 11.7 Å². The fraction of sp³-hybridized carbons (Fsp3) is 0.688. The summed E-state index contributed by atoms with van der Waals surface area (Å²) in [6, 6.07) is 0.597. The number of nitrogens with one attached hydrogen (secondary N) is 1. The number of aromatic nitrogens is 4. The van der Waals surface area contributed by atoms with Gasteiger partial charge in [0.05, 0.1) is 18.8 Å². The molecule has 2 rings (SSSR count). The van der Waals surface area contributed by atoms with Gasteiger partial charge in [-0.05, 0) is 41.2 Å². The largest absolute Gasteiger partial charge is 0.463 e. The number of rotatable bonds is 8. The van der Waals surface area contributed by atoms with E-state index in [1.165, 1.54) is 4.57 Å². The monoisotopic (exact) mass is 352 g/mol. The average Bonchev–Trinajstić information content (AvgIpc) is 2.79. The summed E-state index contributed by atoms with van der Waals surface area (Å²) in [5, 5.41) is 10.00. The van der Waals surface area contributed by atoms with Crippen LogP contribution in [0, 0.1) is 0 Å². The van der Waals surface area contributed by atoms with Crippen LogP contribution in [0.15, 0.2) is 4.79 Å². The molecule has 0 atom stereocenters. The lowest BCUT2D eigenvalue weighted by molar-refractivity contribution is 0.0615. The third-order valence-corrected chi connectivity index (χ3v) is 3.94. The molecule has 0 spiro atoms. The van der Waals surface area contributed by atoms with Crippen molar-refractivity contribution in [2.45, 2.75) is 52.3 Å². The van der Waals surface area contributed by atoms with Crippen molar-refractivity contribution < 1.29 is 9.84 Å². The molecule has 0 amide bonds. The Morgan fingerprint density at radius 2 is 2.08 bits per heavy atom. The first-order valence-electron chi connectivity index (χ1n) is 8.40. The molecule has 2 aromatic heterocycles. The van der Waals surface area contributed by atoms with Gasteiger partial charge in [-0.15, -0.1) is 0 Å². The number of H-pyrrole nitrogens is 1. The summed E-state index contributed by atoms with van der Waals surface area (Å²) in [7, 11) is 2.06. The molecule has 0 aliphatic heterocycles. The summed E-state index contributed by atoms with van der Waals surface area (Å²) >= 11 is 0. The van der Waals surface area contributed by atoms with Gasteiger partial charge in [0.1, 0.15) is 5.52 Å². The van der Waals surface area contributed by atoms with Gasteiger partial charge in [-0.2, -0.15) is 9.97 Å². The van der Waals surface area contributed by atoms with Crippen molar-refractivity contribution in [1.82, 2.24) is 24.4 Å². The molecule has 4 N–H and O–H groups in total. The molecular weight excluding hydrogens is 324 g/mol. The number of hydrogen-bond donors (Lipinski definition) is 3. The van der Waals surface area contributed by atoms with E-state index in [4.69, 9.17) is 10.5 Å². The second-order valence-electron chi connectivity index (χ2n) is 7.20. The normalized spacial score (nSPS) is 12.5. The topological polar surface area (TPSA) is 122 Å². The van der Waals surface area contributed by atoms with Gasteiger partial charge in [0.25, 0.3) is 0 Å². The summed E-state index contributed by atoms with van der Waals surface area (Å²) in [6.07, 6.45) is 0.819. The van der Waals surface area contributed by atoms with E-state index < -0.39 is 11.3 Å². The maximum Gasteiger partial charge on any atom is 0.327 e. The second-order valence-corrected chi connectivity index (χ2v) is 7.20. The molecule has 2 heterocycles. The van der Waals surface area contributed by atoms with E-state index in [0.717, 1.165) is 13.0 Å². The van der Waals surface area contributed by atoms with Crippen LogP contribution in [0.4, 0.5) is 5.82 Å². The van der Waals surface area contributed by atoms with Gasteiger partial charge in [-0.25, -0.2) is 4.79 Å². The highest BCUT2D eigenvalue weighted by Gasteiger charge is 2.20. The van der Waals surface area contributed by atoms with Crippen molar-refractivity contribution in [3.63, 3.8) is 0 Å². The van der Waals surface area contributed by atoms with Crippen LogP contribution in [0.5, 0.6) is 6.01 Å². The molecule has 0 bridgehead atoms. The first-order valence-corrected chi connectivity index (χ1v) is 8.40. The average molecular weight is 352 g/mol. The van der Waals surface area contributed by atoms with Crippen LogP contribution in [-0.4, -0.2) is 61.4 Å². The number of anilines is 1. The van der Waals surface area contributed by atoms with Crippen LogP contribution in [-0.2, 0) is 6.54 Å². The highest BCUT2D eigenvalue weighted by atomic mass is 16.5. The van der Waals surface area contributed by atoms with E-state index in [0.29, 0.717) is 23.8 Å². The molecule has 0 saturated carbocycles. The number of imidazole rings is 1. The third kappa shape index (κ3) is 4.93. The molecule has 25 heavy (non-hydrogen) atoms. The Morgan fingerprint density at radius 3 is 2.68 bits per heavy atom. The smallest absolute Gasteiger partial charge is 0.327 e. The molecule has 0 radical (unpaired) electrons. The Labute approximate surface area is 146 Å². The number of nitrogen functional groups attached to an aromatic ring is 1. The zero-order chi connectivity index (χ0) is 18.8. The number of nitrogens with two attached hydrogens (primary N) is 1. The Hall–Kier alpha value is -2.13. The molecule has 9 heteroatoms. The molecule has 0 unspecified atom stereocenters. The quantitative estimate of drug-likeness (QED) is 0.594. The van der Waals surface area contributed by atoms with Crippen molar-refractivity contribution in [3.05, 3.63) is 10.5 Å². The van der Waals surface area contributed by atoms with Crippen molar-refractivity contribution in [3.8, 4) is 6.01 Å². The van der Waals surface area contributed by atoms with Gasteiger partial charge in [-0.1, -0.05) is 0 Å². The molecule has 2 aromatic rings. The fourth-order valence-corrected chi connectivity index (χ4v) is 2.36. The SMILES string of the molecule is CC(C)N(C)CCCOc1nc(N)c2[nH]c(=O)n(CC(C)(C)O)c2n1. The van der Waals surface area contributed by atoms with Crippen molar-refractivity contribution in [2.24, 2.45) is 0 Å². The lowest BCUT2D eigenvalue weighted by Crippen LogP contribution is -2.31. The summed E-state index contributed by atoms with van der Waals surface area (Å²) in [5.74, 6) is 0.144. The van der Waals surface area contributed by atoms with E-state index in [1.54, 1.807) is 13.8 Å². The first kappa shape index (κ1) is 19.2. The number of aliphatic hydroxyl groups is 1. The zero-order valence-corrected chi connectivity index (χ0v) is 15.5. The minimum Gasteiger partial charge on any atom is -0.463 e. The van der Waals surface area contributed by atoms with Crippen LogP contribution in [0.1, 0.15) is 34.1 Å². The maximum atomic E-state index is 12.1. The molecular formula is C16H28N6O3. The van der Waals surface area contributed by atoms with Gasteiger partial charge in [0, 0.05) is 12.6 Å². The molecule has 0 saturated heterocycles. The molecule has 0 aromatic carbocycles. The summed E-state index contributed by atoms with van der Waals surface area (Å²) in [5.41, 5.74) is 5.12. The van der Waals surface area contributed by atoms with Crippen molar-refractivity contribution >= 4 is 17.0 Å². The van der Waals surface area contributed by atoms with Crippen molar-refractivity contribution in [1.29, 1.82) is 0 Å². The first-order chi connectivity index (χ1) is 11.6. The van der Waals surface area contributed by atoms with Crippen LogP contribution in [0.3, 0.4) is 0 Å². The Morgan fingerprint density at radius 1 is 1.40 bits per heavy atom. The van der Waals surface area contributed by atoms with E-state index in [-0.39, 0.29) is 18.4 Å². The van der Waals surface area contributed by atoms with E-state index >= 15 is 0 Å². The van der Waals surface area contributed by atoms with E-state index in [9.17, 15) is 9.90 Å². The van der Waals surface area contributed by atoms with Crippen LogP contribution >= 0.6 is 0 Å². The Bertz CT molecular complexity index is 774. The number of hydrogen-bond acceptors (Lipinski definition) is 7. The summed E-state index contributed by atoms with van der Waals surface area (Å²) in [4.78, 5) is 25.3. The van der Waals surface area contributed by atoms with Gasteiger partial charge < -0.3 is 25.5 Å². The van der Waals surface area contributed by atoms with E-state index in [1.807, 2.05) is 0 Å². The molecule has 140 valence electrons. The van der Waals surface area contributed by atoms with Crippen molar-refractivity contribution in [2.75, 3.05) is 25.9 Å². The zero-order valence-electron chi connectivity index (χ0n) is 15.5. The molecule has 0 aliphatic carbocycles. The lowest BCUT2D eigenvalue weighted by atomic mass is 10.1. The van der Waals surface area contributed by atoms with E-state index in [2.05, 4.69) is 40.7 Å². The van der Waals surface area contributed by atoms with Gasteiger partial charge in [0.15, 0.2) is 11.5 Å². The maximum absolute atomic E-state index is 12.1. The Kier molecular flexibility index (Phi) is 5.69. The molecule has 9 nitrogen and oxygen atoms in total. The minimum absolute atomic E-state index is 0.0842. The third-order valence-electron chi connectivity index (χ3n) is 3.94. The second kappa shape index (κ2) is 7.40. The number of nitrogens with zero attached hydrogens (tertiary/aromatic N) is 4. The van der Waals surface area contributed by atoms with Crippen LogP contribution in [0.25, 0.3) is 11.2 Å². The lowest BCUT2D eigenvalue weighted by Gasteiger charge is -2.20. The predicted octanol–water partition coefficient (Wildman–Crippen LogP) is 0.582. The van der Waals surface area contributed by atoms with Gasteiger partial charge in [-0.3, -0.25) is 4.57 Å². The fourth-order valence-electron chi connectivity index (χ4n) is 2.36. The number of aromatic amines is 1. The molecule has 0 aliphatic rings. The highest BCUT2D eigenvalue weighted by Crippen LogP contribution is 2.19. The number of fused-ring (bicyclic) bond motifs is 1. The summed E-state index contributed by atoms with van der Waals surface area (Å²) in [6.45, 7) is 8.92. The van der Waals surface area contributed by atoms with Crippen LogP contribution < -0.4 is 16.2 Å². The molecule has 0 fully saturated rings.